The van der Waals surface area contributed by atoms with Crippen LogP contribution in [0.1, 0.15) is 30.4 Å². The molecule has 0 aromatic heterocycles. The van der Waals surface area contributed by atoms with E-state index in [9.17, 15) is 4.79 Å². The van der Waals surface area contributed by atoms with Crippen molar-refractivity contribution >= 4 is 11.6 Å². The van der Waals surface area contributed by atoms with Crippen molar-refractivity contribution in [2.45, 2.75) is 26.2 Å². The van der Waals surface area contributed by atoms with Gasteiger partial charge in [-0.25, -0.2) is 0 Å². The predicted molar refractivity (Wildman–Crippen MR) is 80.1 cm³/mol. The van der Waals surface area contributed by atoms with Crippen molar-refractivity contribution in [1.82, 2.24) is 0 Å². The Balaban J connectivity index is 1.74. The second-order valence-electron chi connectivity index (χ2n) is 5.97. The topological polar surface area (TPSA) is 55.1 Å². The minimum Gasteiger partial charge on any atom is -0.325 e. The molecule has 20 heavy (non-hydrogen) atoms. The molecule has 2 saturated carbocycles. The second kappa shape index (κ2) is 5.30. The van der Waals surface area contributed by atoms with Crippen LogP contribution in [0.3, 0.4) is 0 Å². The van der Waals surface area contributed by atoms with Crippen molar-refractivity contribution in [1.29, 1.82) is 0 Å². The van der Waals surface area contributed by atoms with Gasteiger partial charge in [-0.05, 0) is 55.7 Å². The number of carbonyl (C=O) groups excluding carboxylic acids is 1. The zero-order valence-corrected chi connectivity index (χ0v) is 11.8. The number of nitrogens with one attached hydrogen (secondary N) is 1. The number of hydrogen-bond donors (Lipinski definition) is 2. The third-order valence-electron chi connectivity index (χ3n) is 4.37. The number of aryl methyl sites for hydroxylation is 1. The van der Waals surface area contributed by atoms with Crippen LogP contribution < -0.4 is 11.1 Å². The third-order valence-corrected chi connectivity index (χ3v) is 4.37. The summed E-state index contributed by atoms with van der Waals surface area (Å²) in [5, 5.41) is 3.05. The molecule has 2 fully saturated rings. The van der Waals surface area contributed by atoms with E-state index in [0.717, 1.165) is 41.5 Å². The van der Waals surface area contributed by atoms with Gasteiger partial charge in [-0.2, -0.15) is 0 Å². The summed E-state index contributed by atoms with van der Waals surface area (Å²) in [6.07, 6.45) is 3.46. The zero-order chi connectivity index (χ0) is 14.1. The monoisotopic (exact) mass is 268 g/mol. The van der Waals surface area contributed by atoms with Gasteiger partial charge in [0.15, 0.2) is 0 Å². The van der Waals surface area contributed by atoms with Crippen molar-refractivity contribution in [2.24, 2.45) is 23.5 Å². The Labute approximate surface area is 119 Å². The summed E-state index contributed by atoms with van der Waals surface area (Å²) in [5.41, 5.74) is 8.22. The van der Waals surface area contributed by atoms with E-state index >= 15 is 0 Å². The number of nitrogens with two attached hydrogens (primary N) is 1. The molecule has 2 aliphatic carbocycles. The van der Waals surface area contributed by atoms with E-state index in [1.165, 1.54) is 6.42 Å². The molecule has 0 bridgehead atoms. The molecular weight excluding hydrogens is 248 g/mol. The molecule has 3 heteroatoms. The summed E-state index contributed by atoms with van der Waals surface area (Å²) < 4.78 is 0. The zero-order valence-electron chi connectivity index (χ0n) is 11.8. The quantitative estimate of drug-likeness (QED) is 0.809. The summed E-state index contributed by atoms with van der Waals surface area (Å²) >= 11 is 0. The third kappa shape index (κ3) is 2.71. The van der Waals surface area contributed by atoms with Crippen LogP contribution in [-0.2, 0) is 4.79 Å². The maximum atomic E-state index is 12.3. The minimum absolute atomic E-state index is 0.150. The molecule has 2 unspecified atom stereocenters. The van der Waals surface area contributed by atoms with Crippen LogP contribution in [0.25, 0.3) is 0 Å². The fourth-order valence-electron chi connectivity index (χ4n) is 3.18. The molecule has 3 nitrogen and oxygen atoms in total. The van der Waals surface area contributed by atoms with E-state index in [4.69, 9.17) is 5.73 Å². The molecule has 1 amide bonds. The molecule has 2 aliphatic rings. The normalized spacial score (nSPS) is 26.4. The van der Waals surface area contributed by atoms with Crippen LogP contribution in [0.15, 0.2) is 18.2 Å². The summed E-state index contributed by atoms with van der Waals surface area (Å²) in [6, 6.07) is 5.92. The lowest BCUT2D eigenvalue weighted by atomic mass is 10.0. The molecule has 0 saturated heterocycles. The van der Waals surface area contributed by atoms with Crippen LogP contribution >= 0.6 is 0 Å². The van der Waals surface area contributed by atoms with Crippen LogP contribution in [0.4, 0.5) is 5.69 Å². The molecule has 104 valence electrons. The Morgan fingerprint density at radius 1 is 1.35 bits per heavy atom. The van der Waals surface area contributed by atoms with Crippen LogP contribution in [0.5, 0.6) is 0 Å². The van der Waals surface area contributed by atoms with E-state index in [-0.39, 0.29) is 11.8 Å². The largest absolute Gasteiger partial charge is 0.325 e. The lowest BCUT2D eigenvalue weighted by molar-refractivity contribution is -0.120. The standard InChI is InChI=1S/C17H20N2O/c1-11-4-5-16(12(7-11)3-2-6-18)19-17(20)15-9-13-8-14(13)10-15/h4-5,7,13-15H,6,8-10,18H2,1H3,(H,19,20). The van der Waals surface area contributed by atoms with Crippen molar-refractivity contribution in [3.8, 4) is 11.8 Å². The Hall–Kier alpha value is -1.79. The van der Waals surface area contributed by atoms with Gasteiger partial charge < -0.3 is 11.1 Å². The summed E-state index contributed by atoms with van der Waals surface area (Å²) in [4.78, 5) is 12.3. The van der Waals surface area contributed by atoms with Crippen LogP contribution in [-0.4, -0.2) is 12.5 Å². The molecule has 0 radical (unpaired) electrons. The Bertz CT molecular complexity index is 587. The average Bonchev–Trinajstić information content (AvgIpc) is 3.05. The number of amides is 1. The highest BCUT2D eigenvalue weighted by Gasteiger charge is 2.47. The summed E-state index contributed by atoms with van der Waals surface area (Å²) in [7, 11) is 0. The predicted octanol–water partition coefficient (Wildman–Crippen LogP) is 2.29. The molecule has 1 aromatic carbocycles. The minimum atomic E-state index is 0.150. The molecule has 1 aromatic rings. The van der Waals surface area contributed by atoms with Crippen LogP contribution in [0, 0.1) is 36.5 Å². The van der Waals surface area contributed by atoms with E-state index in [1.807, 2.05) is 25.1 Å². The highest BCUT2D eigenvalue weighted by atomic mass is 16.1. The van der Waals surface area contributed by atoms with Crippen molar-refractivity contribution in [3.05, 3.63) is 29.3 Å². The van der Waals surface area contributed by atoms with Gasteiger partial charge in [0.1, 0.15) is 0 Å². The first-order valence-corrected chi connectivity index (χ1v) is 7.28. The van der Waals surface area contributed by atoms with Gasteiger partial charge in [-0.1, -0.05) is 17.9 Å². The number of anilines is 1. The Morgan fingerprint density at radius 2 is 2.10 bits per heavy atom. The number of fused-ring (bicyclic) bond motifs is 1. The van der Waals surface area contributed by atoms with Crippen molar-refractivity contribution in [2.75, 3.05) is 11.9 Å². The molecule has 3 N–H and O–H groups in total. The first-order chi connectivity index (χ1) is 9.67. The molecule has 0 aliphatic heterocycles. The highest BCUT2D eigenvalue weighted by molar-refractivity contribution is 5.94. The maximum Gasteiger partial charge on any atom is 0.227 e. The van der Waals surface area contributed by atoms with Crippen molar-refractivity contribution < 1.29 is 4.79 Å². The fraction of sp³-hybridized carbons (Fsp3) is 0.471. The molecule has 0 heterocycles. The average molecular weight is 268 g/mol. The number of rotatable bonds is 2. The lowest BCUT2D eigenvalue weighted by Crippen LogP contribution is -2.22. The molecule has 3 rings (SSSR count). The first-order valence-electron chi connectivity index (χ1n) is 7.28. The number of carbonyl (C=O) groups is 1. The smallest absolute Gasteiger partial charge is 0.227 e. The van der Waals surface area contributed by atoms with Gasteiger partial charge in [0.2, 0.25) is 5.91 Å². The molecular formula is C17H20N2O. The maximum absolute atomic E-state index is 12.3. The van der Waals surface area contributed by atoms with Gasteiger partial charge in [-0.15, -0.1) is 0 Å². The van der Waals surface area contributed by atoms with Gasteiger partial charge in [-0.3, -0.25) is 4.79 Å². The van der Waals surface area contributed by atoms with E-state index in [0.29, 0.717) is 6.54 Å². The van der Waals surface area contributed by atoms with E-state index < -0.39 is 0 Å². The van der Waals surface area contributed by atoms with Crippen molar-refractivity contribution in [3.63, 3.8) is 0 Å². The van der Waals surface area contributed by atoms with Crippen LogP contribution in [0.2, 0.25) is 0 Å². The van der Waals surface area contributed by atoms with E-state index in [2.05, 4.69) is 17.2 Å². The summed E-state index contributed by atoms with van der Waals surface area (Å²) in [5.74, 6) is 7.87. The fourth-order valence-corrected chi connectivity index (χ4v) is 3.18. The number of benzene rings is 1. The number of hydrogen-bond acceptors (Lipinski definition) is 2. The lowest BCUT2D eigenvalue weighted by Gasteiger charge is -2.14. The summed E-state index contributed by atoms with van der Waals surface area (Å²) in [6.45, 7) is 2.34. The SMILES string of the molecule is Cc1ccc(NC(=O)C2CC3CC3C2)c(C#CCN)c1. The van der Waals surface area contributed by atoms with E-state index in [1.54, 1.807) is 0 Å². The molecule has 2 atom stereocenters. The van der Waals surface area contributed by atoms with Gasteiger partial charge >= 0.3 is 0 Å². The van der Waals surface area contributed by atoms with Gasteiger partial charge in [0.25, 0.3) is 0 Å². The van der Waals surface area contributed by atoms with Gasteiger partial charge in [0.05, 0.1) is 12.2 Å². The molecule has 0 spiro atoms. The first kappa shape index (κ1) is 13.2. The Kier molecular flexibility index (Phi) is 3.50. The Morgan fingerprint density at radius 3 is 2.80 bits per heavy atom. The second-order valence-corrected chi connectivity index (χ2v) is 5.97. The van der Waals surface area contributed by atoms with Gasteiger partial charge in [0, 0.05) is 11.5 Å². The highest BCUT2D eigenvalue weighted by Crippen LogP contribution is 2.54.